The van der Waals surface area contributed by atoms with E-state index in [9.17, 15) is 14.0 Å². The SMILES string of the molecule is CCOC(=O)CN1CCN(C/C=C2/CN(C(C(=O)C3CC3)c3ccccc3F)CCC2S)CC1. The Bertz CT molecular complexity index is 899. The number of hydrogen-bond donors (Lipinski definition) is 1. The minimum atomic E-state index is -0.524. The average molecular weight is 490 g/mol. The molecule has 1 aromatic carbocycles. The Balaban J connectivity index is 1.38. The first-order valence-electron chi connectivity index (χ1n) is 12.5. The van der Waals surface area contributed by atoms with Gasteiger partial charge in [0, 0.05) is 62.5 Å². The summed E-state index contributed by atoms with van der Waals surface area (Å²) in [7, 11) is 0. The van der Waals surface area contributed by atoms with E-state index in [0.29, 0.717) is 25.3 Å². The van der Waals surface area contributed by atoms with Crippen LogP contribution in [0.25, 0.3) is 0 Å². The zero-order valence-corrected chi connectivity index (χ0v) is 20.9. The Morgan fingerprint density at radius 3 is 2.50 bits per heavy atom. The Labute approximate surface area is 207 Å². The van der Waals surface area contributed by atoms with Gasteiger partial charge in [-0.15, -0.1) is 0 Å². The average Bonchev–Trinajstić information content (AvgIpc) is 3.67. The molecule has 2 saturated heterocycles. The molecule has 3 fully saturated rings. The van der Waals surface area contributed by atoms with Gasteiger partial charge in [-0.2, -0.15) is 12.6 Å². The minimum Gasteiger partial charge on any atom is -0.465 e. The standard InChI is InChI=1S/C26H36FN3O3S/c1-2-33-24(31)18-29-15-13-28(14-16-29)11-9-20-17-30(12-10-23(20)34)25(26(32)19-7-8-19)21-5-3-4-6-22(21)27/h3-6,9,19,23,25,34H,2,7-8,10-18H2,1H3/b20-9-. The monoisotopic (exact) mass is 489 g/mol. The third kappa shape index (κ3) is 6.47. The molecule has 34 heavy (non-hydrogen) atoms. The van der Waals surface area contributed by atoms with Crippen LogP contribution >= 0.6 is 12.6 Å². The second-order valence-electron chi connectivity index (χ2n) is 9.54. The topological polar surface area (TPSA) is 53.1 Å². The number of esters is 1. The predicted octanol–water partition coefficient (Wildman–Crippen LogP) is 2.96. The van der Waals surface area contributed by atoms with Crippen LogP contribution in [0, 0.1) is 11.7 Å². The number of piperazine rings is 1. The number of Topliss-reactive ketones (excluding diaryl/α,β-unsaturated/α-hetero) is 1. The molecule has 2 unspecified atom stereocenters. The molecular weight excluding hydrogens is 453 g/mol. The lowest BCUT2D eigenvalue weighted by Crippen LogP contribution is -2.48. The number of ketones is 1. The van der Waals surface area contributed by atoms with Crippen molar-refractivity contribution in [3.05, 3.63) is 47.3 Å². The molecule has 2 heterocycles. The van der Waals surface area contributed by atoms with E-state index in [0.717, 1.165) is 58.5 Å². The van der Waals surface area contributed by atoms with Crippen molar-refractivity contribution >= 4 is 24.4 Å². The summed E-state index contributed by atoms with van der Waals surface area (Å²) in [6, 6.07) is 6.17. The van der Waals surface area contributed by atoms with E-state index < -0.39 is 6.04 Å². The van der Waals surface area contributed by atoms with E-state index in [1.807, 2.05) is 13.0 Å². The van der Waals surface area contributed by atoms with Gasteiger partial charge in [0.25, 0.3) is 0 Å². The normalized spacial score (nSPS) is 24.8. The van der Waals surface area contributed by atoms with Crippen LogP contribution in [-0.2, 0) is 14.3 Å². The van der Waals surface area contributed by atoms with Crippen LogP contribution in [0.15, 0.2) is 35.9 Å². The van der Waals surface area contributed by atoms with Crippen LogP contribution in [0.1, 0.15) is 37.8 Å². The minimum absolute atomic E-state index is 0.0664. The van der Waals surface area contributed by atoms with Crippen molar-refractivity contribution < 1.29 is 18.7 Å². The highest BCUT2D eigenvalue weighted by molar-refractivity contribution is 7.81. The predicted molar refractivity (Wildman–Crippen MR) is 133 cm³/mol. The van der Waals surface area contributed by atoms with Gasteiger partial charge < -0.3 is 4.74 Å². The number of hydrogen-bond acceptors (Lipinski definition) is 7. The Morgan fingerprint density at radius 2 is 1.82 bits per heavy atom. The molecule has 2 aliphatic heterocycles. The fourth-order valence-corrected chi connectivity index (χ4v) is 5.20. The first kappa shape index (κ1) is 25.4. The van der Waals surface area contributed by atoms with E-state index in [1.165, 1.54) is 11.6 Å². The summed E-state index contributed by atoms with van der Waals surface area (Å²) in [5.74, 6) is -0.249. The van der Waals surface area contributed by atoms with Gasteiger partial charge in [0.1, 0.15) is 5.82 Å². The van der Waals surface area contributed by atoms with Gasteiger partial charge in [-0.25, -0.2) is 4.39 Å². The summed E-state index contributed by atoms with van der Waals surface area (Å²) in [6.45, 7) is 8.22. The van der Waals surface area contributed by atoms with Crippen LogP contribution in [0.5, 0.6) is 0 Å². The summed E-state index contributed by atoms with van der Waals surface area (Å²) in [6.07, 6.45) is 4.91. The number of thiol groups is 1. The van der Waals surface area contributed by atoms with Gasteiger partial charge in [-0.3, -0.25) is 24.3 Å². The number of nitrogens with zero attached hydrogens (tertiary/aromatic N) is 3. The zero-order chi connectivity index (χ0) is 24.1. The third-order valence-corrected chi connectivity index (χ3v) is 7.64. The Kier molecular flexibility index (Phi) is 8.80. The first-order chi connectivity index (χ1) is 16.5. The van der Waals surface area contributed by atoms with Crippen LogP contribution in [-0.4, -0.2) is 90.7 Å². The molecule has 0 N–H and O–H groups in total. The summed E-state index contributed by atoms with van der Waals surface area (Å²) in [5, 5.41) is 0.152. The molecule has 186 valence electrons. The molecule has 1 aromatic rings. The quantitative estimate of drug-likeness (QED) is 0.327. The fourth-order valence-electron chi connectivity index (χ4n) is 4.90. The van der Waals surface area contributed by atoms with Gasteiger partial charge in [-0.05, 0) is 37.8 Å². The van der Waals surface area contributed by atoms with Crippen LogP contribution < -0.4 is 0 Å². The summed E-state index contributed by atoms with van der Waals surface area (Å²) < 4.78 is 19.8. The van der Waals surface area contributed by atoms with Crippen molar-refractivity contribution in [2.45, 2.75) is 37.5 Å². The Hall–Kier alpha value is -1.74. The van der Waals surface area contributed by atoms with Gasteiger partial charge in [0.05, 0.1) is 19.2 Å². The lowest BCUT2D eigenvalue weighted by atomic mass is 9.93. The van der Waals surface area contributed by atoms with Gasteiger partial charge in [0.15, 0.2) is 5.78 Å². The van der Waals surface area contributed by atoms with Crippen molar-refractivity contribution in [2.75, 3.05) is 59.0 Å². The van der Waals surface area contributed by atoms with Gasteiger partial charge in [0.2, 0.25) is 0 Å². The van der Waals surface area contributed by atoms with Crippen molar-refractivity contribution in [2.24, 2.45) is 5.92 Å². The fraction of sp³-hybridized carbons (Fsp3) is 0.615. The van der Waals surface area contributed by atoms with Crippen molar-refractivity contribution in [3.8, 4) is 0 Å². The first-order valence-corrected chi connectivity index (χ1v) is 13.0. The molecule has 4 rings (SSSR count). The molecule has 8 heteroatoms. The molecule has 0 spiro atoms. The number of benzene rings is 1. The number of carbonyl (C=O) groups excluding carboxylic acids is 2. The highest BCUT2D eigenvalue weighted by Gasteiger charge is 2.40. The van der Waals surface area contributed by atoms with Crippen LogP contribution in [0.2, 0.25) is 0 Å². The molecule has 0 bridgehead atoms. The molecule has 1 saturated carbocycles. The van der Waals surface area contributed by atoms with Crippen LogP contribution in [0.3, 0.4) is 0 Å². The number of ether oxygens (including phenoxy) is 1. The second kappa shape index (κ2) is 11.8. The zero-order valence-electron chi connectivity index (χ0n) is 20.0. The maximum atomic E-state index is 14.7. The van der Waals surface area contributed by atoms with E-state index >= 15 is 0 Å². The molecule has 6 nitrogen and oxygen atoms in total. The molecule has 0 aromatic heterocycles. The number of piperidine rings is 1. The lowest BCUT2D eigenvalue weighted by Gasteiger charge is -2.38. The number of carbonyl (C=O) groups is 2. The number of likely N-dealkylation sites (tertiary alicyclic amines) is 1. The summed E-state index contributed by atoms with van der Waals surface area (Å²) in [4.78, 5) is 31.6. The van der Waals surface area contributed by atoms with Crippen molar-refractivity contribution in [1.29, 1.82) is 0 Å². The van der Waals surface area contributed by atoms with Gasteiger partial charge >= 0.3 is 5.97 Å². The van der Waals surface area contributed by atoms with E-state index in [4.69, 9.17) is 17.4 Å². The highest BCUT2D eigenvalue weighted by atomic mass is 32.1. The Morgan fingerprint density at radius 1 is 1.12 bits per heavy atom. The summed E-state index contributed by atoms with van der Waals surface area (Å²) >= 11 is 4.82. The number of halogens is 1. The third-order valence-electron chi connectivity index (χ3n) is 7.05. The maximum Gasteiger partial charge on any atom is 0.320 e. The molecule has 2 atom stereocenters. The lowest BCUT2D eigenvalue weighted by molar-refractivity contribution is -0.144. The highest BCUT2D eigenvalue weighted by Crippen LogP contribution is 2.39. The van der Waals surface area contributed by atoms with E-state index in [2.05, 4.69) is 20.8 Å². The second-order valence-corrected chi connectivity index (χ2v) is 10.2. The molecule has 3 aliphatic rings. The van der Waals surface area contributed by atoms with E-state index in [-0.39, 0.29) is 28.7 Å². The van der Waals surface area contributed by atoms with Crippen LogP contribution in [0.4, 0.5) is 4.39 Å². The molecule has 0 amide bonds. The van der Waals surface area contributed by atoms with E-state index in [1.54, 1.807) is 12.1 Å². The maximum absolute atomic E-state index is 14.7. The van der Waals surface area contributed by atoms with Crippen molar-refractivity contribution in [1.82, 2.24) is 14.7 Å². The van der Waals surface area contributed by atoms with Crippen molar-refractivity contribution in [3.63, 3.8) is 0 Å². The summed E-state index contributed by atoms with van der Waals surface area (Å²) in [5.41, 5.74) is 1.70. The van der Waals surface area contributed by atoms with Gasteiger partial charge in [-0.1, -0.05) is 24.3 Å². The molecule has 0 radical (unpaired) electrons. The smallest absolute Gasteiger partial charge is 0.320 e. The molecular formula is C26H36FN3O3S. The largest absolute Gasteiger partial charge is 0.465 e. The number of rotatable bonds is 9. The molecule has 1 aliphatic carbocycles.